The molecule has 9 rings (SSSR count). The summed E-state index contributed by atoms with van der Waals surface area (Å²) in [5.74, 6) is 0. The second-order valence-electron chi connectivity index (χ2n) is 32.2. The quantitative estimate of drug-likeness (QED) is 0.0374. The topological polar surface area (TPSA) is 57.4 Å². The number of rotatable bonds is 48. The number of fused-ring (bicyclic) bond motifs is 8. The molecule has 0 saturated heterocycles. The summed E-state index contributed by atoms with van der Waals surface area (Å²) >= 11 is 0. The van der Waals surface area contributed by atoms with Crippen molar-refractivity contribution >= 4 is 46.4 Å². The van der Waals surface area contributed by atoms with E-state index in [0.717, 1.165) is 93.3 Å². The zero-order valence-corrected chi connectivity index (χ0v) is 67.8. The van der Waals surface area contributed by atoms with Crippen LogP contribution in [-0.4, -0.2) is 116 Å². The van der Waals surface area contributed by atoms with Crippen molar-refractivity contribution in [1.82, 2.24) is 19.9 Å². The molecule has 0 fully saturated rings. The van der Waals surface area contributed by atoms with Crippen LogP contribution in [0.2, 0.25) is 0 Å². The summed E-state index contributed by atoms with van der Waals surface area (Å²) in [4.78, 5) is 20.1. The van der Waals surface area contributed by atoms with Gasteiger partial charge in [0.25, 0.3) is 0 Å². The van der Waals surface area contributed by atoms with E-state index in [0.29, 0.717) is 0 Å². The molecule has 0 saturated carbocycles. The van der Waals surface area contributed by atoms with Crippen molar-refractivity contribution in [3.63, 3.8) is 0 Å². The zero-order valence-electron chi connectivity index (χ0n) is 67.8. The van der Waals surface area contributed by atoms with Crippen LogP contribution in [0.25, 0.3) is 90.9 Å². The van der Waals surface area contributed by atoms with Gasteiger partial charge in [-0.05, 0) is 148 Å². The normalized spacial score (nSPS) is 12.7. The van der Waals surface area contributed by atoms with Crippen LogP contribution in [0.1, 0.15) is 282 Å². The Morgan fingerprint density at radius 1 is 0.212 bits per heavy atom. The molecular formula is C96H142N8+4. The molecule has 8 heteroatoms. The summed E-state index contributed by atoms with van der Waals surface area (Å²) in [6, 6.07) is 48.2. The SMILES string of the molecule is CCCC[N+](CCCC)(CCCC)Cc1ccc(-c2c3nc(c(-c4ccc(C[N+](CCCC)(CCCC)CCCC)cc4)c4ccc([nH]4)c(-c4ccc(C[N+](CCCC)(CCCC)CCCC)cc4)c4nc(c(-c5ccc(C[N+](CCCC)(CCCC)CCCC)cc5)c5ccc2[nH]5)C=C4)C=C3)cc1. The standard InChI is InChI=1S/C96H142N8/c1-13-25-61-101(62-26-14-2,63-27-15-3)73-77-37-45-81(46-38-77)93-85-53-55-87(97-85)94(82-47-39-78(40-48-82)74-102(64-28-16-4,65-29-17-5)66-30-18-6)89-57-59-91(99-89)96(84-51-43-80(44-52-84)76-104(70-34-22-10,71-35-23-11)72-36-24-12)92-60-58-90(100-92)95(88-56-54-86(93)98-88)83-49-41-79(42-50-83)75-103(67-31-19-7,68-32-20-8)69-33-21-9/h37-60,97,100H,13-36,61-76H2,1-12H3/q+4. The lowest BCUT2D eigenvalue weighted by Gasteiger charge is -2.39. The maximum Gasteiger partial charge on any atom is 0.104 e. The van der Waals surface area contributed by atoms with Gasteiger partial charge in [-0.2, -0.15) is 0 Å². The zero-order chi connectivity index (χ0) is 73.6. The highest BCUT2D eigenvalue weighted by Gasteiger charge is 2.32. The van der Waals surface area contributed by atoms with Gasteiger partial charge in [-0.25, -0.2) is 9.97 Å². The molecule has 8 bridgehead atoms. The van der Waals surface area contributed by atoms with Crippen molar-refractivity contribution in [2.24, 2.45) is 0 Å². The Labute approximate surface area is 633 Å². The van der Waals surface area contributed by atoms with Crippen LogP contribution in [0.4, 0.5) is 0 Å². The van der Waals surface area contributed by atoms with Crippen molar-refractivity contribution in [3.05, 3.63) is 166 Å². The lowest BCUT2D eigenvalue weighted by atomic mass is 10.0. The minimum absolute atomic E-state index is 0.961. The van der Waals surface area contributed by atoms with Gasteiger partial charge >= 0.3 is 0 Å². The molecule has 7 aromatic rings. The Kier molecular flexibility index (Phi) is 32.4. The predicted octanol–water partition coefficient (Wildman–Crippen LogP) is 26.2. The van der Waals surface area contributed by atoms with Crippen LogP contribution in [0.15, 0.2) is 121 Å². The van der Waals surface area contributed by atoms with Crippen LogP contribution < -0.4 is 0 Å². The summed E-state index contributed by atoms with van der Waals surface area (Å²) in [6.45, 7) is 47.5. The molecule has 0 radical (unpaired) electrons. The Morgan fingerprint density at radius 3 is 0.510 bits per heavy atom. The average molecular weight is 1410 g/mol. The number of quaternary nitrogens is 4. The van der Waals surface area contributed by atoms with E-state index in [9.17, 15) is 0 Å². The van der Waals surface area contributed by atoms with E-state index in [1.807, 2.05) is 0 Å². The number of unbranched alkanes of at least 4 members (excludes halogenated alkanes) is 12. The van der Waals surface area contributed by atoms with Gasteiger partial charge < -0.3 is 27.9 Å². The third-order valence-electron chi connectivity index (χ3n) is 23.6. The van der Waals surface area contributed by atoms with Crippen molar-refractivity contribution < 1.29 is 17.9 Å². The molecule has 5 heterocycles. The lowest BCUT2D eigenvalue weighted by Crippen LogP contribution is -2.49. The molecule has 4 aromatic carbocycles. The third-order valence-corrected chi connectivity index (χ3v) is 23.6. The van der Waals surface area contributed by atoms with E-state index in [4.69, 9.17) is 9.97 Å². The van der Waals surface area contributed by atoms with Gasteiger partial charge in [0.05, 0.1) is 101 Å². The molecule has 0 spiro atoms. The van der Waals surface area contributed by atoms with Crippen molar-refractivity contribution in [2.45, 2.75) is 263 Å². The molecule has 104 heavy (non-hydrogen) atoms. The van der Waals surface area contributed by atoms with Crippen LogP contribution >= 0.6 is 0 Å². The molecule has 3 aromatic heterocycles. The Balaban J connectivity index is 1.31. The van der Waals surface area contributed by atoms with Crippen LogP contribution in [0, 0.1) is 0 Å². The molecule has 0 amide bonds. The first-order valence-corrected chi connectivity index (χ1v) is 42.8. The fourth-order valence-corrected chi connectivity index (χ4v) is 17.3. The first-order chi connectivity index (χ1) is 50.8. The summed E-state index contributed by atoms with van der Waals surface area (Å²) in [6.07, 6.45) is 39.1. The minimum Gasteiger partial charge on any atom is -0.354 e. The average Bonchev–Trinajstić information content (AvgIpc) is 1.60. The highest BCUT2D eigenvalue weighted by Crippen LogP contribution is 2.40. The molecule has 562 valence electrons. The van der Waals surface area contributed by atoms with Crippen LogP contribution in [-0.2, 0) is 26.2 Å². The van der Waals surface area contributed by atoms with Gasteiger partial charge in [0.1, 0.15) is 26.2 Å². The molecule has 2 N–H and O–H groups in total. The molecule has 0 atom stereocenters. The predicted molar refractivity (Wildman–Crippen MR) is 454 cm³/mol. The second kappa shape index (κ2) is 41.4. The van der Waals surface area contributed by atoms with Crippen LogP contribution in [0.3, 0.4) is 0 Å². The molecule has 0 unspecified atom stereocenters. The Morgan fingerprint density at radius 2 is 0.365 bits per heavy atom. The second-order valence-corrected chi connectivity index (χ2v) is 32.2. The molecular weight excluding hydrogens is 1270 g/mol. The maximum atomic E-state index is 5.89. The number of hydrogen-bond donors (Lipinski definition) is 2. The fourth-order valence-electron chi connectivity index (χ4n) is 17.3. The third kappa shape index (κ3) is 21.8. The van der Waals surface area contributed by atoms with Gasteiger partial charge in [-0.15, -0.1) is 0 Å². The largest absolute Gasteiger partial charge is 0.354 e. The van der Waals surface area contributed by atoms with E-state index in [2.05, 4.69) is 239 Å². The summed E-state index contributed by atoms with van der Waals surface area (Å²) in [5, 5.41) is 0. The molecule has 0 aliphatic carbocycles. The van der Waals surface area contributed by atoms with E-state index >= 15 is 0 Å². The van der Waals surface area contributed by atoms with Gasteiger partial charge in [-0.3, -0.25) is 0 Å². The fraction of sp³-hybridized carbons (Fsp3) is 0.542. The van der Waals surface area contributed by atoms with Crippen molar-refractivity contribution in [3.8, 4) is 44.5 Å². The summed E-state index contributed by atoms with van der Waals surface area (Å²) in [7, 11) is 0. The monoisotopic (exact) mass is 1410 g/mol. The number of nitrogens with zero attached hydrogens (tertiary/aromatic N) is 6. The first kappa shape index (κ1) is 81.4. The van der Waals surface area contributed by atoms with Crippen molar-refractivity contribution in [1.29, 1.82) is 0 Å². The number of aromatic amines is 2. The maximum absolute atomic E-state index is 5.89. The van der Waals surface area contributed by atoms with Crippen molar-refractivity contribution in [2.75, 3.05) is 78.5 Å². The van der Waals surface area contributed by atoms with Gasteiger partial charge in [0.15, 0.2) is 0 Å². The number of benzene rings is 4. The summed E-state index contributed by atoms with van der Waals surface area (Å²) < 4.78 is 4.69. The highest BCUT2D eigenvalue weighted by molar-refractivity contribution is 6.00. The molecule has 2 aliphatic heterocycles. The van der Waals surface area contributed by atoms with E-state index < -0.39 is 0 Å². The smallest absolute Gasteiger partial charge is 0.104 e. The highest BCUT2D eigenvalue weighted by atomic mass is 15.4. The lowest BCUT2D eigenvalue weighted by molar-refractivity contribution is -0.941. The number of nitrogens with one attached hydrogen (secondary N) is 2. The van der Waals surface area contributed by atoms with E-state index in [1.54, 1.807) is 0 Å². The Bertz CT molecular complexity index is 3330. The first-order valence-electron chi connectivity index (χ1n) is 42.8. The van der Waals surface area contributed by atoms with Gasteiger partial charge in [-0.1, -0.05) is 257 Å². The van der Waals surface area contributed by atoms with Gasteiger partial charge in [0, 0.05) is 66.6 Å². The number of H-pyrrole nitrogens is 2. The van der Waals surface area contributed by atoms with E-state index in [-0.39, 0.29) is 0 Å². The molecule has 2 aliphatic rings. The van der Waals surface area contributed by atoms with E-state index in [1.165, 1.54) is 295 Å². The molecule has 8 nitrogen and oxygen atoms in total. The van der Waals surface area contributed by atoms with Crippen LogP contribution in [0.5, 0.6) is 0 Å². The van der Waals surface area contributed by atoms with Gasteiger partial charge in [0.2, 0.25) is 0 Å². The number of hydrogen-bond acceptors (Lipinski definition) is 2. The minimum atomic E-state index is 0.961. The Hall–Kier alpha value is -6.68. The summed E-state index contributed by atoms with van der Waals surface area (Å²) in [5.41, 5.74) is 22.8. The number of aromatic nitrogens is 4.